The summed E-state index contributed by atoms with van der Waals surface area (Å²) >= 11 is 5.88. The number of carbonyl (C=O) groups is 1. The Balaban J connectivity index is 2.31. The Labute approximate surface area is 102 Å². The highest BCUT2D eigenvalue weighted by atomic mass is 35.5. The van der Waals surface area contributed by atoms with Gasteiger partial charge in [0.1, 0.15) is 0 Å². The number of carbonyl (C=O) groups excluding carboxylic acids is 1. The summed E-state index contributed by atoms with van der Waals surface area (Å²) in [5.74, 6) is -0.0806. The molecule has 0 unspecified atom stereocenters. The van der Waals surface area contributed by atoms with Crippen molar-refractivity contribution in [2.75, 3.05) is 0 Å². The Bertz CT molecular complexity index is 701. The number of nitrogens with zero attached hydrogens (tertiary/aromatic N) is 2. The van der Waals surface area contributed by atoms with Gasteiger partial charge in [-0.1, -0.05) is 17.7 Å². The summed E-state index contributed by atoms with van der Waals surface area (Å²) in [6.07, 6.45) is 0. The largest absolute Gasteiger partial charge is 0.385 e. The Morgan fingerprint density at radius 3 is 2.29 bits per heavy atom. The first-order valence-corrected chi connectivity index (χ1v) is 5.42. The minimum atomic E-state index is -0.0806. The predicted octanol–water partition coefficient (Wildman–Crippen LogP) is 4.04. The highest BCUT2D eigenvalue weighted by Gasteiger charge is 2.28. The number of ketones is 1. The Kier molecular flexibility index (Phi) is 2.01. The van der Waals surface area contributed by atoms with E-state index in [0.29, 0.717) is 21.8 Å². The molecule has 0 heterocycles. The Hall–Kier alpha value is -2.18. The molecule has 0 fully saturated rings. The number of hydrogen-bond acceptors (Lipinski definition) is 2. The topological polar surface area (TPSA) is 45.2 Å². The molecule has 2 aromatic rings. The van der Waals surface area contributed by atoms with E-state index in [1.807, 2.05) is 6.07 Å². The van der Waals surface area contributed by atoms with Crippen molar-refractivity contribution in [2.45, 2.75) is 0 Å². The van der Waals surface area contributed by atoms with Gasteiger partial charge < -0.3 is 0 Å². The second kappa shape index (κ2) is 3.41. The van der Waals surface area contributed by atoms with E-state index >= 15 is 0 Å². The van der Waals surface area contributed by atoms with Crippen molar-refractivity contribution in [1.82, 2.24) is 0 Å². The van der Waals surface area contributed by atoms with Gasteiger partial charge in [-0.15, -0.1) is 0 Å². The van der Waals surface area contributed by atoms with E-state index in [2.05, 4.69) is 4.98 Å². The van der Waals surface area contributed by atoms with Crippen LogP contribution in [0, 0.1) is 5.39 Å². The fourth-order valence-electron chi connectivity index (χ4n) is 2.10. The van der Waals surface area contributed by atoms with Crippen LogP contribution >= 0.6 is 11.6 Å². The number of halogens is 1. The van der Waals surface area contributed by atoms with E-state index in [9.17, 15) is 4.79 Å². The summed E-state index contributed by atoms with van der Waals surface area (Å²) in [5.41, 5.74) is 3.25. The molecule has 0 amide bonds. The van der Waals surface area contributed by atoms with Gasteiger partial charge in [0.2, 0.25) is 5.39 Å². The lowest BCUT2D eigenvalue weighted by Crippen LogP contribution is -1.94. The van der Waals surface area contributed by atoms with Crippen LogP contribution in [0.5, 0.6) is 0 Å². The molecule has 4 heteroatoms. The second-order valence-corrected chi connectivity index (χ2v) is 4.29. The van der Waals surface area contributed by atoms with Crippen molar-refractivity contribution in [2.24, 2.45) is 0 Å². The molecular weight excluding hydrogens is 236 g/mol. The van der Waals surface area contributed by atoms with Crippen LogP contribution in [0.3, 0.4) is 0 Å². The minimum absolute atomic E-state index is 0.0806. The molecule has 0 aromatic heterocycles. The molecule has 1 aliphatic rings. The van der Waals surface area contributed by atoms with Crippen LogP contribution in [-0.2, 0) is 0 Å². The van der Waals surface area contributed by atoms with E-state index in [-0.39, 0.29) is 5.78 Å². The molecule has 0 saturated heterocycles. The Morgan fingerprint density at radius 2 is 1.59 bits per heavy atom. The predicted molar refractivity (Wildman–Crippen MR) is 65.1 cm³/mol. The van der Waals surface area contributed by atoms with E-state index in [1.165, 1.54) is 0 Å². The molecule has 3 nitrogen and oxygen atoms in total. The molecule has 0 bridgehead atoms. The van der Waals surface area contributed by atoms with E-state index in [4.69, 9.17) is 17.0 Å². The second-order valence-electron chi connectivity index (χ2n) is 3.85. The normalized spacial score (nSPS) is 11.9. The molecule has 0 N–H and O–H groups in total. The Morgan fingerprint density at radius 1 is 0.941 bits per heavy atom. The van der Waals surface area contributed by atoms with Crippen molar-refractivity contribution in [3.63, 3.8) is 0 Å². The van der Waals surface area contributed by atoms with Gasteiger partial charge in [-0.2, -0.15) is 0 Å². The molecule has 2 aromatic carbocycles. The van der Waals surface area contributed by atoms with E-state index < -0.39 is 0 Å². The van der Waals surface area contributed by atoms with Crippen LogP contribution < -0.4 is 0 Å². The zero-order valence-electron chi connectivity index (χ0n) is 8.64. The first-order valence-electron chi connectivity index (χ1n) is 5.04. The van der Waals surface area contributed by atoms with Crippen LogP contribution in [0.1, 0.15) is 15.9 Å². The molecule has 0 spiro atoms. The van der Waals surface area contributed by atoms with Gasteiger partial charge in [0.15, 0.2) is 10.8 Å². The third-order valence-electron chi connectivity index (χ3n) is 2.88. The van der Waals surface area contributed by atoms with Gasteiger partial charge in [0.05, 0.1) is 0 Å². The number of diazo groups is 1. The highest BCUT2D eigenvalue weighted by molar-refractivity contribution is 6.32. The van der Waals surface area contributed by atoms with Crippen molar-refractivity contribution >= 4 is 23.1 Å². The van der Waals surface area contributed by atoms with Gasteiger partial charge in [-0.25, -0.2) is 0 Å². The quantitative estimate of drug-likeness (QED) is 0.558. The SMILES string of the molecule is N#[N+]c1ccc2c(c1)C(=O)c1cc(Cl)ccc1-2. The smallest absolute Gasteiger partial charge is 0.289 e. The van der Waals surface area contributed by atoms with Gasteiger partial charge in [0.25, 0.3) is 0 Å². The lowest BCUT2D eigenvalue weighted by Gasteiger charge is -1.98. The summed E-state index contributed by atoms with van der Waals surface area (Å²) in [5, 5.41) is 9.25. The standard InChI is InChI=1S/C13H6ClN2O/c14-7-1-3-9-10-4-2-8(16-15)6-12(10)13(17)11(9)5-7/h1-6H/q+1. The van der Waals surface area contributed by atoms with Crippen molar-refractivity contribution in [3.8, 4) is 11.1 Å². The zero-order chi connectivity index (χ0) is 12.0. The fraction of sp³-hybridized carbons (Fsp3) is 0. The third-order valence-corrected chi connectivity index (χ3v) is 3.11. The summed E-state index contributed by atoms with van der Waals surface area (Å²) in [4.78, 5) is 15.2. The van der Waals surface area contributed by atoms with Gasteiger partial charge >= 0.3 is 5.69 Å². The highest BCUT2D eigenvalue weighted by Crippen LogP contribution is 2.39. The number of benzene rings is 2. The molecule has 1 aliphatic carbocycles. The molecule has 0 saturated carbocycles. The number of hydrogen-bond donors (Lipinski definition) is 0. The van der Waals surface area contributed by atoms with Gasteiger partial charge in [0, 0.05) is 28.3 Å². The number of fused-ring (bicyclic) bond motifs is 3. The van der Waals surface area contributed by atoms with Crippen LogP contribution in [0.2, 0.25) is 5.02 Å². The zero-order valence-corrected chi connectivity index (χ0v) is 9.40. The maximum atomic E-state index is 12.1. The molecule has 3 rings (SSSR count). The lowest BCUT2D eigenvalue weighted by atomic mass is 10.1. The number of rotatable bonds is 0. The first kappa shape index (κ1) is 10.0. The van der Waals surface area contributed by atoms with Crippen molar-refractivity contribution in [1.29, 1.82) is 5.39 Å². The molecule has 0 radical (unpaired) electrons. The maximum Gasteiger partial charge on any atom is 0.385 e. The van der Waals surface area contributed by atoms with Crippen molar-refractivity contribution in [3.05, 3.63) is 57.5 Å². The van der Waals surface area contributed by atoms with Crippen LogP contribution in [0.15, 0.2) is 36.4 Å². The maximum absolute atomic E-state index is 12.1. The summed E-state index contributed by atoms with van der Waals surface area (Å²) in [6.45, 7) is 0. The van der Waals surface area contributed by atoms with E-state index in [0.717, 1.165) is 11.1 Å². The molecule has 17 heavy (non-hydrogen) atoms. The average molecular weight is 242 g/mol. The van der Waals surface area contributed by atoms with E-state index in [1.54, 1.807) is 30.3 Å². The minimum Gasteiger partial charge on any atom is -0.289 e. The molecule has 80 valence electrons. The molecule has 0 aliphatic heterocycles. The summed E-state index contributed by atoms with van der Waals surface area (Å²) < 4.78 is 0. The third kappa shape index (κ3) is 1.35. The lowest BCUT2D eigenvalue weighted by molar-refractivity contribution is 0.104. The first-order chi connectivity index (χ1) is 8.20. The van der Waals surface area contributed by atoms with Crippen LogP contribution in [-0.4, -0.2) is 5.78 Å². The molecule has 0 atom stereocenters. The van der Waals surface area contributed by atoms with Crippen LogP contribution in [0.4, 0.5) is 5.69 Å². The fourth-order valence-corrected chi connectivity index (χ4v) is 2.27. The van der Waals surface area contributed by atoms with Gasteiger partial charge in [-0.05, 0) is 29.3 Å². The summed E-state index contributed by atoms with van der Waals surface area (Å²) in [7, 11) is 0. The monoisotopic (exact) mass is 241 g/mol. The van der Waals surface area contributed by atoms with Crippen LogP contribution in [0.25, 0.3) is 16.1 Å². The van der Waals surface area contributed by atoms with Crippen molar-refractivity contribution < 1.29 is 4.79 Å². The summed E-state index contributed by atoms with van der Waals surface area (Å²) in [6, 6.07) is 10.3. The molecular formula is C13H6ClN2O+. The average Bonchev–Trinajstić information content (AvgIpc) is 2.62. The van der Waals surface area contributed by atoms with Gasteiger partial charge in [-0.3, -0.25) is 4.79 Å².